The number of alkyl halides is 2. The molecular weight excluding hydrogens is 203 g/mol. The molecule has 4 fully saturated rings. The minimum Gasteiger partial charge on any atom is -0.126 e. The molecule has 0 nitrogen and oxygen atoms in total. The second-order valence-electron chi connectivity index (χ2n) is 5.75. The van der Waals surface area contributed by atoms with Gasteiger partial charge >= 0.3 is 0 Å². The van der Waals surface area contributed by atoms with Gasteiger partial charge in [0.15, 0.2) is 0 Å². The summed E-state index contributed by atoms with van der Waals surface area (Å²) in [5.41, 5.74) is 0.438. The Bertz CT molecular complexity index is 222. The third kappa shape index (κ3) is 1.25. The SMILES string of the molecule is ClCC12CC3C[C@@H](CC(Cl)(C3)C1)C2. The lowest BCUT2D eigenvalue weighted by Crippen LogP contribution is -2.53. The van der Waals surface area contributed by atoms with Gasteiger partial charge in [0.25, 0.3) is 0 Å². The third-order valence-corrected chi connectivity index (χ3v) is 5.40. The molecule has 0 aromatic carbocycles. The number of halogens is 2. The first-order valence-electron chi connectivity index (χ1n) is 5.38. The normalized spacial score (nSPS) is 58.6. The molecule has 3 unspecified atom stereocenters. The Labute approximate surface area is 90.0 Å². The molecule has 0 aromatic rings. The monoisotopic (exact) mass is 218 g/mol. The van der Waals surface area contributed by atoms with Gasteiger partial charge in [-0.05, 0) is 55.8 Å². The molecule has 4 bridgehead atoms. The van der Waals surface area contributed by atoms with E-state index in [-0.39, 0.29) is 4.87 Å². The second-order valence-corrected chi connectivity index (χ2v) is 6.81. The van der Waals surface area contributed by atoms with Crippen LogP contribution in [-0.2, 0) is 0 Å². The summed E-state index contributed by atoms with van der Waals surface area (Å²) in [6.45, 7) is 0. The summed E-state index contributed by atoms with van der Waals surface area (Å²) in [5.74, 6) is 2.64. The molecule has 0 heterocycles. The third-order valence-electron chi connectivity index (χ3n) is 4.39. The van der Waals surface area contributed by atoms with Gasteiger partial charge in [-0.15, -0.1) is 23.2 Å². The van der Waals surface area contributed by atoms with Crippen molar-refractivity contribution in [2.75, 3.05) is 5.88 Å². The largest absolute Gasteiger partial charge is 0.126 e. The van der Waals surface area contributed by atoms with Gasteiger partial charge in [0.05, 0.1) is 0 Å². The molecule has 0 amide bonds. The van der Waals surface area contributed by atoms with Crippen molar-refractivity contribution in [3.05, 3.63) is 0 Å². The van der Waals surface area contributed by atoms with Crippen LogP contribution in [-0.4, -0.2) is 10.8 Å². The van der Waals surface area contributed by atoms with Gasteiger partial charge in [0.1, 0.15) is 0 Å². The zero-order valence-corrected chi connectivity index (χ0v) is 9.37. The Morgan fingerprint density at radius 2 is 1.69 bits per heavy atom. The van der Waals surface area contributed by atoms with E-state index in [2.05, 4.69) is 0 Å². The molecule has 0 spiro atoms. The maximum absolute atomic E-state index is 6.64. The van der Waals surface area contributed by atoms with E-state index < -0.39 is 0 Å². The van der Waals surface area contributed by atoms with Crippen LogP contribution < -0.4 is 0 Å². The van der Waals surface area contributed by atoms with Crippen molar-refractivity contribution in [2.45, 2.75) is 43.4 Å². The summed E-state index contributed by atoms with van der Waals surface area (Å²) in [6.07, 6.45) is 7.89. The summed E-state index contributed by atoms with van der Waals surface area (Å²) in [5, 5.41) is 0. The van der Waals surface area contributed by atoms with E-state index in [0.29, 0.717) is 5.41 Å². The first-order chi connectivity index (χ1) is 6.13. The van der Waals surface area contributed by atoms with Crippen molar-refractivity contribution in [1.29, 1.82) is 0 Å². The summed E-state index contributed by atoms with van der Waals surface area (Å²) in [6, 6.07) is 0. The molecule has 0 aromatic heterocycles. The first kappa shape index (κ1) is 8.85. The lowest BCUT2D eigenvalue weighted by atomic mass is 9.50. The summed E-state index contributed by atoms with van der Waals surface area (Å²) >= 11 is 12.8. The Morgan fingerprint density at radius 3 is 2.15 bits per heavy atom. The predicted molar refractivity (Wildman–Crippen MR) is 56.4 cm³/mol. The number of rotatable bonds is 1. The van der Waals surface area contributed by atoms with Crippen LogP contribution >= 0.6 is 23.2 Å². The maximum Gasteiger partial charge on any atom is 0.0457 e. The minimum absolute atomic E-state index is 0.152. The van der Waals surface area contributed by atoms with E-state index in [9.17, 15) is 0 Å². The highest BCUT2D eigenvalue weighted by atomic mass is 35.5. The van der Waals surface area contributed by atoms with Crippen molar-refractivity contribution in [1.82, 2.24) is 0 Å². The molecule has 4 aliphatic carbocycles. The van der Waals surface area contributed by atoms with Gasteiger partial charge in [-0.3, -0.25) is 0 Å². The molecule has 0 N–H and O–H groups in total. The molecule has 0 aliphatic heterocycles. The summed E-state index contributed by atoms with van der Waals surface area (Å²) in [7, 11) is 0. The van der Waals surface area contributed by atoms with Gasteiger partial charge in [-0.2, -0.15) is 0 Å². The van der Waals surface area contributed by atoms with Gasteiger partial charge in [-0.1, -0.05) is 0 Å². The van der Waals surface area contributed by atoms with Crippen molar-refractivity contribution in [3.8, 4) is 0 Å². The lowest BCUT2D eigenvalue weighted by Gasteiger charge is -2.59. The molecule has 74 valence electrons. The Kier molecular flexibility index (Phi) is 1.76. The summed E-state index contributed by atoms with van der Waals surface area (Å²) < 4.78 is 0. The van der Waals surface area contributed by atoms with Gasteiger partial charge < -0.3 is 0 Å². The average Bonchev–Trinajstić information content (AvgIpc) is 1.99. The molecule has 4 atom stereocenters. The fourth-order valence-corrected chi connectivity index (χ4v) is 5.52. The van der Waals surface area contributed by atoms with E-state index in [0.717, 1.165) is 17.7 Å². The van der Waals surface area contributed by atoms with Gasteiger partial charge in [-0.25, -0.2) is 0 Å². The van der Waals surface area contributed by atoms with Crippen molar-refractivity contribution >= 4 is 23.2 Å². The topological polar surface area (TPSA) is 0 Å². The van der Waals surface area contributed by atoms with E-state index in [4.69, 9.17) is 23.2 Å². The van der Waals surface area contributed by atoms with Crippen molar-refractivity contribution in [2.24, 2.45) is 17.3 Å². The second kappa shape index (κ2) is 2.58. The van der Waals surface area contributed by atoms with Crippen molar-refractivity contribution < 1.29 is 0 Å². The fraction of sp³-hybridized carbons (Fsp3) is 1.00. The summed E-state index contributed by atoms with van der Waals surface area (Å²) in [4.78, 5) is 0.152. The van der Waals surface area contributed by atoms with Crippen LogP contribution in [0.4, 0.5) is 0 Å². The number of hydrogen-bond donors (Lipinski definition) is 0. The highest BCUT2D eigenvalue weighted by molar-refractivity contribution is 6.24. The Morgan fingerprint density at radius 1 is 1.08 bits per heavy atom. The molecule has 13 heavy (non-hydrogen) atoms. The first-order valence-corrected chi connectivity index (χ1v) is 6.29. The molecule has 0 radical (unpaired) electrons. The van der Waals surface area contributed by atoms with Crippen LogP contribution in [0.15, 0.2) is 0 Å². The number of hydrogen-bond acceptors (Lipinski definition) is 0. The molecule has 4 saturated carbocycles. The van der Waals surface area contributed by atoms with Crippen LogP contribution in [0.25, 0.3) is 0 Å². The van der Waals surface area contributed by atoms with E-state index >= 15 is 0 Å². The zero-order valence-electron chi connectivity index (χ0n) is 7.86. The van der Waals surface area contributed by atoms with Crippen LogP contribution in [0, 0.1) is 17.3 Å². The van der Waals surface area contributed by atoms with E-state index in [1.165, 1.54) is 38.5 Å². The quantitative estimate of drug-likeness (QED) is 0.588. The molecular formula is C11H16Cl2. The highest BCUT2D eigenvalue weighted by Crippen LogP contribution is 2.63. The molecule has 4 rings (SSSR count). The highest BCUT2D eigenvalue weighted by Gasteiger charge is 2.56. The Hall–Kier alpha value is 0.580. The molecule has 2 heteroatoms. The van der Waals surface area contributed by atoms with Gasteiger partial charge in [0, 0.05) is 10.8 Å². The van der Waals surface area contributed by atoms with Crippen LogP contribution in [0.1, 0.15) is 38.5 Å². The van der Waals surface area contributed by atoms with Gasteiger partial charge in [0.2, 0.25) is 0 Å². The zero-order chi connectivity index (χ0) is 9.10. The average molecular weight is 219 g/mol. The molecule has 4 aliphatic rings. The predicted octanol–water partition coefficient (Wildman–Crippen LogP) is 3.80. The Balaban J connectivity index is 1.95. The van der Waals surface area contributed by atoms with Crippen LogP contribution in [0.5, 0.6) is 0 Å². The smallest absolute Gasteiger partial charge is 0.0457 e. The van der Waals surface area contributed by atoms with Crippen molar-refractivity contribution in [3.63, 3.8) is 0 Å². The van der Waals surface area contributed by atoms with E-state index in [1.807, 2.05) is 0 Å². The maximum atomic E-state index is 6.64. The standard InChI is InChI=1S/C11H16Cl2/c12-7-10-2-8-1-9(3-10)5-11(13,4-8)6-10/h8-9H,1-7H2/t8-,9?,10?,11?/m1/s1. The minimum atomic E-state index is 0.152. The fourth-order valence-electron chi connectivity index (χ4n) is 4.49. The van der Waals surface area contributed by atoms with Crippen LogP contribution in [0.2, 0.25) is 0 Å². The van der Waals surface area contributed by atoms with Crippen LogP contribution in [0.3, 0.4) is 0 Å². The molecule has 0 saturated heterocycles. The van der Waals surface area contributed by atoms with E-state index in [1.54, 1.807) is 0 Å². The lowest BCUT2D eigenvalue weighted by molar-refractivity contribution is -0.0258.